The molecule has 1 saturated carbocycles. The van der Waals surface area contributed by atoms with E-state index in [1.807, 2.05) is 11.3 Å². The third kappa shape index (κ3) is 4.36. The molecular weight excluding hydrogens is 394 g/mol. The van der Waals surface area contributed by atoms with Crippen molar-refractivity contribution in [1.82, 2.24) is 10.2 Å². The van der Waals surface area contributed by atoms with Crippen molar-refractivity contribution in [3.63, 3.8) is 0 Å². The number of carbonyl (C=O) groups is 1. The summed E-state index contributed by atoms with van der Waals surface area (Å²) in [6.45, 7) is 7.21. The van der Waals surface area contributed by atoms with Crippen LogP contribution in [0.1, 0.15) is 32.1 Å². The Hall–Kier alpha value is -1.63. The van der Waals surface area contributed by atoms with E-state index in [1.165, 1.54) is 15.8 Å². The van der Waals surface area contributed by atoms with Crippen LogP contribution in [0.4, 0.5) is 5.69 Å². The molecular formula is C24H33N3O2S. The van der Waals surface area contributed by atoms with E-state index >= 15 is 0 Å². The highest BCUT2D eigenvalue weighted by Crippen LogP contribution is 2.36. The zero-order chi connectivity index (χ0) is 20.3. The average Bonchev–Trinajstić information content (AvgIpc) is 3.27. The van der Waals surface area contributed by atoms with Gasteiger partial charge in [0.25, 0.3) is 0 Å². The van der Waals surface area contributed by atoms with E-state index in [-0.39, 0.29) is 17.9 Å². The Labute approximate surface area is 183 Å². The van der Waals surface area contributed by atoms with Crippen molar-refractivity contribution in [1.29, 1.82) is 0 Å². The summed E-state index contributed by atoms with van der Waals surface area (Å²) < 4.78 is 7.57. The van der Waals surface area contributed by atoms with E-state index in [1.54, 1.807) is 0 Å². The van der Waals surface area contributed by atoms with Gasteiger partial charge >= 0.3 is 0 Å². The molecule has 1 amide bonds. The fraction of sp³-hybridized carbons (Fsp3) is 0.625. The highest BCUT2D eigenvalue weighted by atomic mass is 32.1. The number of nitrogens with zero attached hydrogens (tertiary/aromatic N) is 2. The van der Waals surface area contributed by atoms with Gasteiger partial charge in [0.1, 0.15) is 0 Å². The molecule has 6 heteroatoms. The molecule has 1 aliphatic carbocycles. The topological polar surface area (TPSA) is 44.8 Å². The largest absolute Gasteiger partial charge is 0.378 e. The number of thiophene rings is 1. The highest BCUT2D eigenvalue weighted by molar-refractivity contribution is 7.17. The van der Waals surface area contributed by atoms with Crippen LogP contribution in [0.15, 0.2) is 29.6 Å². The van der Waals surface area contributed by atoms with Crippen molar-refractivity contribution in [2.24, 2.45) is 11.8 Å². The fourth-order valence-corrected chi connectivity index (χ4v) is 6.34. The minimum absolute atomic E-state index is 0.193. The lowest BCUT2D eigenvalue weighted by Crippen LogP contribution is -2.47. The quantitative estimate of drug-likeness (QED) is 0.714. The van der Waals surface area contributed by atoms with E-state index in [4.69, 9.17) is 4.74 Å². The van der Waals surface area contributed by atoms with Gasteiger partial charge in [0.15, 0.2) is 0 Å². The monoisotopic (exact) mass is 427 g/mol. The number of piperidine rings is 1. The zero-order valence-corrected chi connectivity index (χ0v) is 18.5. The highest BCUT2D eigenvalue weighted by Gasteiger charge is 2.37. The van der Waals surface area contributed by atoms with Crippen LogP contribution in [-0.2, 0) is 9.53 Å². The number of amides is 1. The summed E-state index contributed by atoms with van der Waals surface area (Å²) in [6.07, 6.45) is 5.71. The Morgan fingerprint density at radius 2 is 2.00 bits per heavy atom. The number of nitrogens with one attached hydrogen (secondary N) is 1. The summed E-state index contributed by atoms with van der Waals surface area (Å²) in [5.41, 5.74) is 1.39. The van der Waals surface area contributed by atoms with Gasteiger partial charge < -0.3 is 15.0 Å². The molecule has 0 bridgehead atoms. The number of benzene rings is 1. The maximum absolute atomic E-state index is 12.1. The van der Waals surface area contributed by atoms with Gasteiger partial charge in [0.05, 0.1) is 6.10 Å². The smallest absolute Gasteiger partial charge is 0.223 e. The van der Waals surface area contributed by atoms with E-state index in [9.17, 15) is 4.79 Å². The Morgan fingerprint density at radius 1 is 1.10 bits per heavy atom. The van der Waals surface area contributed by atoms with Crippen molar-refractivity contribution in [2.75, 3.05) is 50.8 Å². The number of fused-ring (bicyclic) bond motifs is 2. The Bertz CT molecular complexity index is 861. The summed E-state index contributed by atoms with van der Waals surface area (Å²) in [5, 5.41) is 6.62. The van der Waals surface area contributed by atoms with Crippen LogP contribution in [0, 0.1) is 11.8 Å². The first-order valence-corrected chi connectivity index (χ1v) is 12.5. The molecule has 1 aromatic carbocycles. The van der Waals surface area contributed by atoms with Crippen LogP contribution in [0.2, 0.25) is 0 Å². The van der Waals surface area contributed by atoms with Crippen molar-refractivity contribution in [3.05, 3.63) is 29.6 Å². The van der Waals surface area contributed by atoms with Crippen LogP contribution < -0.4 is 10.2 Å². The molecule has 3 aliphatic rings. The first kappa shape index (κ1) is 20.3. The van der Waals surface area contributed by atoms with Gasteiger partial charge in [-0.15, -0.1) is 11.3 Å². The van der Waals surface area contributed by atoms with E-state index in [2.05, 4.69) is 44.8 Å². The second kappa shape index (κ2) is 9.25. The van der Waals surface area contributed by atoms with Crippen molar-refractivity contribution in [3.8, 4) is 0 Å². The third-order valence-electron chi connectivity index (χ3n) is 7.25. The molecule has 2 aromatic rings. The fourth-order valence-electron chi connectivity index (χ4n) is 5.53. The molecule has 3 heterocycles. The molecule has 30 heavy (non-hydrogen) atoms. The van der Waals surface area contributed by atoms with E-state index in [0.717, 1.165) is 78.0 Å². The van der Waals surface area contributed by atoms with Crippen LogP contribution in [0.25, 0.3) is 10.1 Å². The molecule has 162 valence electrons. The molecule has 5 rings (SSSR count). The maximum atomic E-state index is 12.1. The second-order valence-electron chi connectivity index (χ2n) is 9.04. The van der Waals surface area contributed by atoms with Gasteiger partial charge in [-0.05, 0) is 61.6 Å². The van der Waals surface area contributed by atoms with Crippen LogP contribution in [-0.4, -0.2) is 62.8 Å². The van der Waals surface area contributed by atoms with Gasteiger partial charge in [-0.1, -0.05) is 6.07 Å². The lowest BCUT2D eigenvalue weighted by atomic mass is 9.74. The predicted molar refractivity (Wildman–Crippen MR) is 123 cm³/mol. The lowest BCUT2D eigenvalue weighted by Gasteiger charge is -2.38. The van der Waals surface area contributed by atoms with Crippen LogP contribution >= 0.6 is 11.3 Å². The molecule has 0 radical (unpaired) electrons. The Kier molecular flexibility index (Phi) is 6.25. The van der Waals surface area contributed by atoms with Gasteiger partial charge in [0.2, 0.25) is 5.91 Å². The minimum Gasteiger partial charge on any atom is -0.378 e. The molecule has 5 nitrogen and oxygen atoms in total. The predicted octanol–water partition coefficient (Wildman–Crippen LogP) is 3.73. The van der Waals surface area contributed by atoms with Gasteiger partial charge in [-0.25, -0.2) is 0 Å². The average molecular weight is 428 g/mol. The standard InChI is InChI=1S/C24H33N3O2S/c28-24-21-17-19(6-5-18(21)7-9-25-24)29-15-2-10-26-11-13-27(14-12-26)22-3-1-4-23-20(22)8-16-30-23/h1,3-4,8,16,18-19,21H,2,5-7,9-15,17H2,(H,25,28). The molecule has 2 saturated heterocycles. The van der Waals surface area contributed by atoms with Crippen LogP contribution in [0.3, 0.4) is 0 Å². The number of piperazine rings is 1. The number of hydrogen-bond donors (Lipinski definition) is 1. The molecule has 3 unspecified atom stereocenters. The minimum atomic E-state index is 0.193. The van der Waals surface area contributed by atoms with Crippen molar-refractivity contribution < 1.29 is 9.53 Å². The normalized spacial score (nSPS) is 27.8. The Morgan fingerprint density at radius 3 is 2.90 bits per heavy atom. The molecule has 0 spiro atoms. The first-order chi connectivity index (χ1) is 14.8. The van der Waals surface area contributed by atoms with Gasteiger partial charge in [0, 0.05) is 67.6 Å². The van der Waals surface area contributed by atoms with E-state index < -0.39 is 0 Å². The number of ether oxygens (including phenoxy) is 1. The second-order valence-corrected chi connectivity index (χ2v) is 9.99. The summed E-state index contributed by atoms with van der Waals surface area (Å²) in [6, 6.07) is 8.92. The molecule has 1 N–H and O–H groups in total. The number of carbonyl (C=O) groups excluding carboxylic acids is 1. The molecule has 3 atom stereocenters. The number of anilines is 1. The molecule has 1 aromatic heterocycles. The van der Waals surface area contributed by atoms with Crippen LogP contribution in [0.5, 0.6) is 0 Å². The van der Waals surface area contributed by atoms with Gasteiger partial charge in [-0.3, -0.25) is 9.69 Å². The number of rotatable bonds is 6. The zero-order valence-electron chi connectivity index (χ0n) is 17.7. The summed E-state index contributed by atoms with van der Waals surface area (Å²) in [7, 11) is 0. The maximum Gasteiger partial charge on any atom is 0.223 e. The molecule has 2 aliphatic heterocycles. The number of hydrogen-bond acceptors (Lipinski definition) is 5. The lowest BCUT2D eigenvalue weighted by molar-refractivity contribution is -0.133. The van der Waals surface area contributed by atoms with Gasteiger partial charge in [-0.2, -0.15) is 0 Å². The summed E-state index contributed by atoms with van der Waals surface area (Å²) in [4.78, 5) is 17.2. The Balaban J connectivity index is 1.03. The summed E-state index contributed by atoms with van der Waals surface area (Å²) in [5.74, 6) is 1.05. The third-order valence-corrected chi connectivity index (χ3v) is 8.14. The SMILES string of the molecule is O=C1NCCC2CCC(OCCCN3CCN(c4cccc5sccc45)CC3)CC12. The van der Waals surface area contributed by atoms with Crippen molar-refractivity contribution >= 4 is 33.0 Å². The van der Waals surface area contributed by atoms with E-state index in [0.29, 0.717) is 5.92 Å². The molecule has 3 fully saturated rings. The van der Waals surface area contributed by atoms with Crippen molar-refractivity contribution in [2.45, 2.75) is 38.2 Å². The first-order valence-electron chi connectivity index (χ1n) is 11.6. The summed E-state index contributed by atoms with van der Waals surface area (Å²) >= 11 is 1.82.